The topological polar surface area (TPSA) is 70.3 Å². The quantitative estimate of drug-likeness (QED) is 0.600. The summed E-state index contributed by atoms with van der Waals surface area (Å²) in [6.07, 6.45) is 0. The fraction of sp³-hybridized carbons (Fsp3) is 0.667. The molecule has 1 aromatic rings. The van der Waals surface area contributed by atoms with Gasteiger partial charge in [0.25, 0.3) is 0 Å². The molecule has 1 aliphatic heterocycles. The zero-order chi connectivity index (χ0) is 13.3. The molecule has 2 heterocycles. The molecule has 0 spiro atoms. The molecule has 2 rings (SSSR count). The molecule has 3 N–H and O–H groups in total. The number of nitrogens with one attached hydrogen (secondary N) is 1. The minimum Gasteiger partial charge on any atom is -0.355 e. The van der Waals surface area contributed by atoms with Crippen LogP contribution in [0.4, 0.5) is 11.6 Å². The fourth-order valence-corrected chi connectivity index (χ4v) is 2.60. The number of nitrogen functional groups attached to an aromatic ring is 1. The number of hydrogen-bond acceptors (Lipinski definition) is 6. The molecule has 1 saturated heterocycles. The summed E-state index contributed by atoms with van der Waals surface area (Å²) in [7, 11) is 4.26. The molecule has 0 amide bonds. The standard InChI is InChI=1S/C12H22N6/c1-8-6-18(7-10(8)17(3)4)12-5-11(16-13)14-9(2)15-12/h5,8,10H,6-7,13H2,1-4H3,(H,14,15,16). The highest BCUT2D eigenvalue weighted by molar-refractivity contribution is 5.49. The lowest BCUT2D eigenvalue weighted by atomic mass is 10.1. The number of hydrogen-bond donors (Lipinski definition) is 2. The van der Waals surface area contributed by atoms with Crippen LogP contribution in [-0.4, -0.2) is 48.1 Å². The summed E-state index contributed by atoms with van der Waals surface area (Å²) in [5.74, 6) is 8.40. The van der Waals surface area contributed by atoms with E-state index >= 15 is 0 Å². The summed E-state index contributed by atoms with van der Waals surface area (Å²) < 4.78 is 0. The first-order chi connectivity index (χ1) is 8.51. The molecular weight excluding hydrogens is 228 g/mol. The van der Waals surface area contributed by atoms with Crippen molar-refractivity contribution in [2.45, 2.75) is 19.9 Å². The van der Waals surface area contributed by atoms with Crippen LogP contribution in [0.1, 0.15) is 12.7 Å². The zero-order valence-corrected chi connectivity index (χ0v) is 11.5. The van der Waals surface area contributed by atoms with Crippen molar-refractivity contribution in [1.82, 2.24) is 14.9 Å². The Labute approximate surface area is 108 Å². The Morgan fingerprint density at radius 3 is 2.67 bits per heavy atom. The van der Waals surface area contributed by atoms with E-state index in [1.807, 2.05) is 13.0 Å². The predicted octanol–water partition coefficient (Wildman–Crippen LogP) is 0.457. The molecule has 6 heteroatoms. The first-order valence-corrected chi connectivity index (χ1v) is 6.25. The highest BCUT2D eigenvalue weighted by Crippen LogP contribution is 2.25. The van der Waals surface area contributed by atoms with Crippen molar-refractivity contribution in [2.24, 2.45) is 11.8 Å². The van der Waals surface area contributed by atoms with Gasteiger partial charge in [-0.15, -0.1) is 0 Å². The summed E-state index contributed by atoms with van der Waals surface area (Å²) in [4.78, 5) is 13.3. The summed E-state index contributed by atoms with van der Waals surface area (Å²) >= 11 is 0. The van der Waals surface area contributed by atoms with E-state index in [-0.39, 0.29) is 0 Å². The van der Waals surface area contributed by atoms with Gasteiger partial charge in [0.1, 0.15) is 17.5 Å². The molecule has 100 valence electrons. The van der Waals surface area contributed by atoms with Crippen molar-refractivity contribution >= 4 is 11.6 Å². The maximum Gasteiger partial charge on any atom is 0.145 e. The fourth-order valence-electron chi connectivity index (χ4n) is 2.60. The van der Waals surface area contributed by atoms with Crippen LogP contribution in [0.2, 0.25) is 0 Å². The van der Waals surface area contributed by atoms with Gasteiger partial charge >= 0.3 is 0 Å². The van der Waals surface area contributed by atoms with Gasteiger partial charge in [-0.05, 0) is 26.9 Å². The second-order valence-corrected chi connectivity index (χ2v) is 5.22. The van der Waals surface area contributed by atoms with E-state index in [0.717, 1.165) is 24.7 Å². The summed E-state index contributed by atoms with van der Waals surface area (Å²) in [6, 6.07) is 2.46. The number of anilines is 2. The maximum absolute atomic E-state index is 5.42. The lowest BCUT2D eigenvalue weighted by Gasteiger charge is -2.22. The summed E-state index contributed by atoms with van der Waals surface area (Å²) in [5.41, 5.74) is 2.59. The van der Waals surface area contributed by atoms with Gasteiger partial charge in [-0.25, -0.2) is 15.8 Å². The van der Waals surface area contributed by atoms with Crippen LogP contribution < -0.4 is 16.2 Å². The highest BCUT2D eigenvalue weighted by Gasteiger charge is 2.31. The molecule has 1 fully saturated rings. The van der Waals surface area contributed by atoms with Gasteiger partial charge < -0.3 is 15.2 Å². The Morgan fingerprint density at radius 1 is 1.39 bits per heavy atom. The average Bonchev–Trinajstić information content (AvgIpc) is 2.70. The van der Waals surface area contributed by atoms with Gasteiger partial charge in [0, 0.05) is 25.2 Å². The number of nitrogens with zero attached hydrogens (tertiary/aromatic N) is 4. The number of rotatable bonds is 3. The third-order valence-electron chi connectivity index (χ3n) is 3.53. The second-order valence-electron chi connectivity index (χ2n) is 5.22. The van der Waals surface area contributed by atoms with E-state index < -0.39 is 0 Å². The van der Waals surface area contributed by atoms with Crippen molar-refractivity contribution in [2.75, 3.05) is 37.5 Å². The molecule has 1 aliphatic rings. The minimum atomic E-state index is 0.564. The van der Waals surface area contributed by atoms with Crippen molar-refractivity contribution < 1.29 is 0 Å². The van der Waals surface area contributed by atoms with Crippen LogP contribution in [0.15, 0.2) is 6.07 Å². The Balaban J connectivity index is 2.20. The number of hydrazine groups is 1. The van der Waals surface area contributed by atoms with Crippen LogP contribution in [-0.2, 0) is 0 Å². The third-order valence-corrected chi connectivity index (χ3v) is 3.53. The molecule has 0 aliphatic carbocycles. The van der Waals surface area contributed by atoms with Crippen LogP contribution in [0, 0.1) is 12.8 Å². The lowest BCUT2D eigenvalue weighted by molar-refractivity contribution is 0.266. The summed E-state index contributed by atoms with van der Waals surface area (Å²) in [5, 5.41) is 0. The van der Waals surface area contributed by atoms with Crippen LogP contribution in [0.5, 0.6) is 0 Å². The molecule has 18 heavy (non-hydrogen) atoms. The molecule has 2 atom stereocenters. The van der Waals surface area contributed by atoms with Crippen molar-refractivity contribution in [1.29, 1.82) is 0 Å². The predicted molar refractivity (Wildman–Crippen MR) is 73.4 cm³/mol. The highest BCUT2D eigenvalue weighted by atomic mass is 15.3. The molecular formula is C12H22N6. The molecule has 2 unspecified atom stereocenters. The van der Waals surface area contributed by atoms with E-state index in [2.05, 4.69) is 46.2 Å². The number of aromatic nitrogens is 2. The Kier molecular flexibility index (Phi) is 3.68. The van der Waals surface area contributed by atoms with Gasteiger partial charge in [-0.2, -0.15) is 0 Å². The largest absolute Gasteiger partial charge is 0.355 e. The van der Waals surface area contributed by atoms with Gasteiger partial charge in [-0.1, -0.05) is 6.92 Å². The second kappa shape index (κ2) is 5.07. The first-order valence-electron chi connectivity index (χ1n) is 6.25. The molecule has 6 nitrogen and oxygen atoms in total. The van der Waals surface area contributed by atoms with E-state index in [9.17, 15) is 0 Å². The van der Waals surface area contributed by atoms with E-state index in [1.54, 1.807) is 0 Å². The van der Waals surface area contributed by atoms with E-state index in [4.69, 9.17) is 5.84 Å². The Morgan fingerprint density at radius 2 is 2.11 bits per heavy atom. The number of likely N-dealkylation sites (N-methyl/N-ethyl adjacent to an activating group) is 1. The zero-order valence-electron chi connectivity index (χ0n) is 11.5. The summed E-state index contributed by atoms with van der Waals surface area (Å²) in [6.45, 7) is 6.17. The lowest BCUT2D eigenvalue weighted by Crippen LogP contribution is -2.34. The van der Waals surface area contributed by atoms with Crippen LogP contribution in [0.3, 0.4) is 0 Å². The van der Waals surface area contributed by atoms with Crippen molar-refractivity contribution in [3.63, 3.8) is 0 Å². The molecule has 1 aromatic heterocycles. The minimum absolute atomic E-state index is 0.564. The Hall–Kier alpha value is -1.40. The van der Waals surface area contributed by atoms with Gasteiger partial charge in [-0.3, -0.25) is 0 Å². The molecule has 0 saturated carbocycles. The van der Waals surface area contributed by atoms with Crippen LogP contribution >= 0.6 is 0 Å². The van der Waals surface area contributed by atoms with Crippen molar-refractivity contribution in [3.8, 4) is 0 Å². The average molecular weight is 250 g/mol. The number of nitrogens with two attached hydrogens (primary N) is 1. The van der Waals surface area contributed by atoms with Gasteiger partial charge in [0.2, 0.25) is 0 Å². The smallest absolute Gasteiger partial charge is 0.145 e. The normalized spacial score (nSPS) is 23.8. The maximum atomic E-state index is 5.42. The Bertz CT molecular complexity index is 419. The van der Waals surface area contributed by atoms with Crippen LogP contribution in [0.25, 0.3) is 0 Å². The van der Waals surface area contributed by atoms with E-state index in [0.29, 0.717) is 17.8 Å². The third kappa shape index (κ3) is 2.54. The first kappa shape index (κ1) is 13.0. The van der Waals surface area contributed by atoms with Crippen molar-refractivity contribution in [3.05, 3.63) is 11.9 Å². The SMILES string of the molecule is Cc1nc(NN)cc(N2CC(C)C(N(C)C)C2)n1. The van der Waals surface area contributed by atoms with Gasteiger partial charge in [0.05, 0.1) is 0 Å². The monoisotopic (exact) mass is 250 g/mol. The van der Waals surface area contributed by atoms with E-state index in [1.165, 1.54) is 0 Å². The van der Waals surface area contributed by atoms with Gasteiger partial charge in [0.15, 0.2) is 0 Å². The molecule has 0 aromatic carbocycles. The molecule has 0 radical (unpaired) electrons. The molecule has 0 bridgehead atoms. The number of aryl methyl sites for hydroxylation is 1.